The maximum atomic E-state index is 4.66. The minimum absolute atomic E-state index is 0.649. The molecule has 0 fully saturated rings. The zero-order valence-corrected chi connectivity index (χ0v) is 8.98. The molecule has 0 saturated heterocycles. The number of nitrogens with zero attached hydrogens (tertiary/aromatic N) is 3. The van der Waals surface area contributed by atoms with Crippen LogP contribution in [-0.4, -0.2) is 14.4 Å². The van der Waals surface area contributed by atoms with E-state index < -0.39 is 0 Å². The number of imidazole rings is 1. The summed E-state index contributed by atoms with van der Waals surface area (Å²) >= 11 is 0. The van der Waals surface area contributed by atoms with Gasteiger partial charge in [0.05, 0.1) is 5.69 Å². The van der Waals surface area contributed by atoms with Crippen LogP contribution in [0.2, 0.25) is 0 Å². The zero-order valence-electron chi connectivity index (χ0n) is 8.98. The first-order valence-corrected chi connectivity index (χ1v) is 5.72. The number of hydrogen-bond acceptors (Lipinski definition) is 2. The van der Waals surface area contributed by atoms with E-state index in [-0.39, 0.29) is 0 Å². The number of aromatic nitrogens is 3. The molecule has 0 saturated carbocycles. The molecule has 0 aromatic carbocycles. The summed E-state index contributed by atoms with van der Waals surface area (Å²) in [5.74, 6) is 1.51. The SMILES string of the molecule is CCC1CCCc2c1nc1ncccn21. The molecule has 0 radical (unpaired) electrons. The summed E-state index contributed by atoms with van der Waals surface area (Å²) in [6.07, 6.45) is 8.80. The summed E-state index contributed by atoms with van der Waals surface area (Å²) in [6, 6.07) is 1.98. The first-order chi connectivity index (χ1) is 7.40. The van der Waals surface area contributed by atoms with Crippen molar-refractivity contribution < 1.29 is 0 Å². The van der Waals surface area contributed by atoms with Gasteiger partial charge in [0.1, 0.15) is 0 Å². The van der Waals surface area contributed by atoms with Gasteiger partial charge in [-0.2, -0.15) is 0 Å². The molecule has 1 atom stereocenters. The molecule has 0 bridgehead atoms. The highest BCUT2D eigenvalue weighted by Crippen LogP contribution is 2.33. The number of hydrogen-bond donors (Lipinski definition) is 0. The summed E-state index contributed by atoms with van der Waals surface area (Å²) in [5, 5.41) is 0. The van der Waals surface area contributed by atoms with Crippen LogP contribution < -0.4 is 0 Å². The van der Waals surface area contributed by atoms with E-state index in [0.29, 0.717) is 5.92 Å². The highest BCUT2D eigenvalue weighted by atomic mass is 15.1. The zero-order chi connectivity index (χ0) is 10.3. The average Bonchev–Trinajstić information content (AvgIpc) is 2.67. The number of rotatable bonds is 1. The third-order valence-electron chi connectivity index (χ3n) is 3.38. The molecule has 15 heavy (non-hydrogen) atoms. The van der Waals surface area contributed by atoms with Gasteiger partial charge in [-0.1, -0.05) is 6.92 Å². The van der Waals surface area contributed by atoms with E-state index in [9.17, 15) is 0 Å². The minimum atomic E-state index is 0.649. The molecule has 0 N–H and O–H groups in total. The predicted octanol–water partition coefficient (Wildman–Crippen LogP) is 2.56. The van der Waals surface area contributed by atoms with Crippen LogP contribution in [0, 0.1) is 0 Å². The van der Waals surface area contributed by atoms with E-state index >= 15 is 0 Å². The fourth-order valence-corrected chi connectivity index (χ4v) is 2.58. The lowest BCUT2D eigenvalue weighted by Gasteiger charge is -2.19. The van der Waals surface area contributed by atoms with Gasteiger partial charge in [0, 0.05) is 24.0 Å². The molecule has 3 heteroatoms. The van der Waals surface area contributed by atoms with Crippen molar-refractivity contribution in [3.05, 3.63) is 29.8 Å². The second-order valence-electron chi connectivity index (χ2n) is 4.23. The first-order valence-electron chi connectivity index (χ1n) is 5.72. The van der Waals surface area contributed by atoms with Crippen molar-refractivity contribution in [3.63, 3.8) is 0 Å². The summed E-state index contributed by atoms with van der Waals surface area (Å²) in [5.41, 5.74) is 2.68. The molecule has 2 aromatic heterocycles. The Morgan fingerprint density at radius 3 is 3.33 bits per heavy atom. The molecule has 3 rings (SSSR count). The summed E-state index contributed by atoms with van der Waals surface area (Å²) in [4.78, 5) is 8.96. The lowest BCUT2D eigenvalue weighted by atomic mass is 9.88. The molecule has 0 aliphatic heterocycles. The Balaban J connectivity index is 2.24. The quantitative estimate of drug-likeness (QED) is 0.709. The van der Waals surface area contributed by atoms with Crippen LogP contribution in [0.25, 0.3) is 5.78 Å². The van der Waals surface area contributed by atoms with Crippen molar-refractivity contribution in [1.82, 2.24) is 14.4 Å². The third-order valence-corrected chi connectivity index (χ3v) is 3.38. The largest absolute Gasteiger partial charge is 0.288 e. The van der Waals surface area contributed by atoms with E-state index in [1.807, 2.05) is 12.3 Å². The van der Waals surface area contributed by atoms with Crippen molar-refractivity contribution in [2.75, 3.05) is 0 Å². The predicted molar refractivity (Wildman–Crippen MR) is 59.0 cm³/mol. The Morgan fingerprint density at radius 1 is 1.53 bits per heavy atom. The Morgan fingerprint density at radius 2 is 2.47 bits per heavy atom. The molecule has 0 spiro atoms. The van der Waals surface area contributed by atoms with E-state index in [1.54, 1.807) is 0 Å². The Kier molecular flexibility index (Phi) is 1.97. The van der Waals surface area contributed by atoms with E-state index in [0.717, 1.165) is 12.2 Å². The van der Waals surface area contributed by atoms with Crippen LogP contribution >= 0.6 is 0 Å². The van der Waals surface area contributed by atoms with Gasteiger partial charge in [-0.25, -0.2) is 9.97 Å². The van der Waals surface area contributed by atoms with Gasteiger partial charge in [0.2, 0.25) is 5.78 Å². The van der Waals surface area contributed by atoms with Gasteiger partial charge < -0.3 is 0 Å². The van der Waals surface area contributed by atoms with Crippen molar-refractivity contribution in [1.29, 1.82) is 0 Å². The highest BCUT2D eigenvalue weighted by molar-refractivity contribution is 5.38. The minimum Gasteiger partial charge on any atom is -0.288 e. The molecular formula is C12H15N3. The maximum Gasteiger partial charge on any atom is 0.234 e. The van der Waals surface area contributed by atoms with E-state index in [4.69, 9.17) is 0 Å². The monoisotopic (exact) mass is 201 g/mol. The second-order valence-corrected chi connectivity index (χ2v) is 4.23. The van der Waals surface area contributed by atoms with Crippen molar-refractivity contribution in [2.24, 2.45) is 0 Å². The Labute approximate surface area is 89.2 Å². The molecule has 1 aliphatic rings. The summed E-state index contributed by atoms with van der Waals surface area (Å²) < 4.78 is 2.15. The van der Waals surface area contributed by atoms with Crippen LogP contribution in [0.15, 0.2) is 18.5 Å². The van der Waals surface area contributed by atoms with Crippen LogP contribution in [-0.2, 0) is 6.42 Å². The van der Waals surface area contributed by atoms with Crippen LogP contribution in [0.5, 0.6) is 0 Å². The molecule has 2 heterocycles. The van der Waals surface area contributed by atoms with Gasteiger partial charge >= 0.3 is 0 Å². The molecule has 1 aliphatic carbocycles. The average molecular weight is 201 g/mol. The van der Waals surface area contributed by atoms with E-state index in [1.165, 1.54) is 30.7 Å². The number of fused-ring (bicyclic) bond motifs is 3. The van der Waals surface area contributed by atoms with Gasteiger partial charge in [-0.15, -0.1) is 0 Å². The third kappa shape index (κ3) is 1.26. The van der Waals surface area contributed by atoms with Crippen LogP contribution in [0.3, 0.4) is 0 Å². The summed E-state index contributed by atoms with van der Waals surface area (Å²) in [7, 11) is 0. The van der Waals surface area contributed by atoms with Gasteiger partial charge in [-0.3, -0.25) is 4.40 Å². The first kappa shape index (κ1) is 8.89. The highest BCUT2D eigenvalue weighted by Gasteiger charge is 2.23. The molecule has 3 nitrogen and oxygen atoms in total. The van der Waals surface area contributed by atoms with Crippen LogP contribution in [0.4, 0.5) is 0 Å². The maximum absolute atomic E-state index is 4.66. The smallest absolute Gasteiger partial charge is 0.234 e. The molecule has 2 aromatic rings. The topological polar surface area (TPSA) is 30.2 Å². The fraction of sp³-hybridized carbons (Fsp3) is 0.500. The molecule has 1 unspecified atom stereocenters. The van der Waals surface area contributed by atoms with Gasteiger partial charge in [0.15, 0.2) is 0 Å². The Hall–Kier alpha value is -1.38. The van der Waals surface area contributed by atoms with Gasteiger partial charge in [0.25, 0.3) is 0 Å². The second kappa shape index (κ2) is 3.33. The molecular weight excluding hydrogens is 186 g/mol. The molecule has 78 valence electrons. The van der Waals surface area contributed by atoms with Crippen LogP contribution in [0.1, 0.15) is 43.5 Å². The van der Waals surface area contributed by atoms with Gasteiger partial charge in [-0.05, 0) is 31.7 Å². The molecule has 0 amide bonds. The van der Waals surface area contributed by atoms with Crippen molar-refractivity contribution in [2.45, 2.75) is 38.5 Å². The Bertz CT molecular complexity index is 487. The normalized spacial score (nSPS) is 20.5. The summed E-state index contributed by atoms with van der Waals surface area (Å²) in [6.45, 7) is 2.25. The van der Waals surface area contributed by atoms with Crippen molar-refractivity contribution >= 4 is 5.78 Å². The number of aryl methyl sites for hydroxylation is 1. The van der Waals surface area contributed by atoms with Crippen molar-refractivity contribution in [3.8, 4) is 0 Å². The standard InChI is InChI=1S/C12H15N3/c1-2-9-5-3-6-10-11(9)14-12-13-7-4-8-15(10)12/h4,7-9H,2-3,5-6H2,1H3. The van der Waals surface area contributed by atoms with E-state index in [2.05, 4.69) is 27.5 Å². The lowest BCUT2D eigenvalue weighted by Crippen LogP contribution is -2.09. The lowest BCUT2D eigenvalue weighted by molar-refractivity contribution is 0.523. The fourth-order valence-electron chi connectivity index (χ4n) is 2.58.